The second kappa shape index (κ2) is 3.57. The fourth-order valence-electron chi connectivity index (χ4n) is 1.01. The Bertz CT molecular complexity index is 89.0. The van der Waals surface area contributed by atoms with Crippen LogP contribution in [0.4, 0.5) is 0 Å². The first kappa shape index (κ1) is 13.5. The van der Waals surface area contributed by atoms with E-state index in [1.807, 2.05) is 0 Å². The lowest BCUT2D eigenvalue weighted by molar-refractivity contribution is 0.0700. The molecule has 11 heavy (non-hydrogen) atoms. The highest BCUT2D eigenvalue weighted by molar-refractivity contribution is 4.83. The summed E-state index contributed by atoms with van der Waals surface area (Å²) in [6.45, 7) is 13.4. The lowest BCUT2D eigenvalue weighted by atomic mass is 9.98. The molecule has 0 fully saturated rings. The van der Waals surface area contributed by atoms with E-state index in [-0.39, 0.29) is 18.5 Å². The molecule has 0 aliphatic carbocycles. The van der Waals surface area contributed by atoms with Crippen LogP contribution >= 0.6 is 0 Å². The number of hydrogen-bond acceptors (Lipinski definition) is 1. The van der Waals surface area contributed by atoms with Crippen molar-refractivity contribution >= 4 is 0 Å². The first-order valence-corrected chi connectivity index (χ1v) is 3.89. The topological polar surface area (TPSA) is 3.24 Å². The molecule has 0 bridgehead atoms. The average molecular weight is 159 g/mol. The van der Waals surface area contributed by atoms with E-state index >= 15 is 0 Å². The molecule has 1 heteroatoms. The third-order valence-electron chi connectivity index (χ3n) is 2.01. The van der Waals surface area contributed by atoms with Gasteiger partial charge in [0.05, 0.1) is 0 Å². The SMILES string of the molecule is C.CN(C(C)(C)C)C(C)(C)C. The highest BCUT2D eigenvalue weighted by Gasteiger charge is 2.26. The zero-order valence-corrected chi connectivity index (χ0v) is 8.45. The van der Waals surface area contributed by atoms with E-state index in [2.05, 4.69) is 53.5 Å². The molecule has 0 unspecified atom stereocenters. The Morgan fingerprint density at radius 2 is 0.909 bits per heavy atom. The molecule has 1 nitrogen and oxygen atoms in total. The first-order valence-electron chi connectivity index (χ1n) is 3.89. The first-order chi connectivity index (χ1) is 4.15. The molecular weight excluding hydrogens is 134 g/mol. The zero-order chi connectivity index (χ0) is 8.58. The summed E-state index contributed by atoms with van der Waals surface area (Å²) >= 11 is 0. The molecule has 0 saturated carbocycles. The van der Waals surface area contributed by atoms with Crippen LogP contribution in [0.25, 0.3) is 0 Å². The van der Waals surface area contributed by atoms with Crippen LogP contribution < -0.4 is 0 Å². The molecule has 0 spiro atoms. The van der Waals surface area contributed by atoms with Crippen molar-refractivity contribution in [3.8, 4) is 0 Å². The summed E-state index contributed by atoms with van der Waals surface area (Å²) in [5.74, 6) is 0. The molecule has 0 aliphatic rings. The molecule has 0 heterocycles. The quantitative estimate of drug-likeness (QED) is 0.525. The van der Waals surface area contributed by atoms with Gasteiger partial charge >= 0.3 is 0 Å². The van der Waals surface area contributed by atoms with Gasteiger partial charge in [-0.25, -0.2) is 0 Å². The average Bonchev–Trinajstić information content (AvgIpc) is 1.59. The van der Waals surface area contributed by atoms with Gasteiger partial charge in [-0.05, 0) is 48.6 Å². The van der Waals surface area contributed by atoms with Crippen LogP contribution in [0.3, 0.4) is 0 Å². The van der Waals surface area contributed by atoms with Gasteiger partial charge in [0.25, 0.3) is 0 Å². The second-order valence-electron chi connectivity index (χ2n) is 4.90. The summed E-state index contributed by atoms with van der Waals surface area (Å²) in [7, 11) is 2.17. The minimum absolute atomic E-state index is 0. The maximum atomic E-state index is 2.38. The molecule has 0 atom stereocenters. The Labute approximate surface area is 72.8 Å². The molecule has 0 radical (unpaired) electrons. The summed E-state index contributed by atoms with van der Waals surface area (Å²) in [5, 5.41) is 0. The van der Waals surface area contributed by atoms with E-state index in [1.165, 1.54) is 0 Å². The standard InChI is InChI=1S/C9H21N.CH4/c1-8(2,3)10(7)9(4,5)6;/h1-7H3;1H4. The van der Waals surface area contributed by atoms with Crippen LogP contribution in [-0.4, -0.2) is 23.0 Å². The van der Waals surface area contributed by atoms with Crippen molar-refractivity contribution in [1.82, 2.24) is 4.90 Å². The van der Waals surface area contributed by atoms with Crippen molar-refractivity contribution < 1.29 is 0 Å². The maximum Gasteiger partial charge on any atom is 0.0127 e. The van der Waals surface area contributed by atoms with Gasteiger partial charge in [0, 0.05) is 11.1 Å². The minimum Gasteiger partial charge on any atom is -0.297 e. The summed E-state index contributed by atoms with van der Waals surface area (Å²) in [5.41, 5.74) is 0.552. The Hall–Kier alpha value is -0.0400. The van der Waals surface area contributed by atoms with Crippen LogP contribution in [0, 0.1) is 0 Å². The van der Waals surface area contributed by atoms with Crippen LogP contribution in [0.15, 0.2) is 0 Å². The Kier molecular flexibility index (Phi) is 4.40. The Morgan fingerprint density at radius 1 is 0.727 bits per heavy atom. The molecule has 0 N–H and O–H groups in total. The van der Waals surface area contributed by atoms with Gasteiger partial charge in [-0.1, -0.05) is 7.43 Å². The normalized spacial score (nSPS) is 13.1. The Balaban J connectivity index is 0. The van der Waals surface area contributed by atoms with E-state index in [1.54, 1.807) is 0 Å². The van der Waals surface area contributed by atoms with Crippen LogP contribution in [0.1, 0.15) is 49.0 Å². The van der Waals surface area contributed by atoms with Gasteiger partial charge in [0.1, 0.15) is 0 Å². The van der Waals surface area contributed by atoms with Gasteiger partial charge in [0.15, 0.2) is 0 Å². The third-order valence-corrected chi connectivity index (χ3v) is 2.01. The van der Waals surface area contributed by atoms with E-state index < -0.39 is 0 Å². The molecule has 0 aromatic carbocycles. The van der Waals surface area contributed by atoms with E-state index in [0.717, 1.165) is 0 Å². The zero-order valence-electron chi connectivity index (χ0n) is 8.45. The van der Waals surface area contributed by atoms with E-state index in [0.29, 0.717) is 0 Å². The van der Waals surface area contributed by atoms with Crippen molar-refractivity contribution in [3.05, 3.63) is 0 Å². The highest BCUT2D eigenvalue weighted by atomic mass is 15.2. The highest BCUT2D eigenvalue weighted by Crippen LogP contribution is 2.21. The Morgan fingerprint density at radius 3 is 0.909 bits per heavy atom. The van der Waals surface area contributed by atoms with Crippen LogP contribution in [-0.2, 0) is 0 Å². The van der Waals surface area contributed by atoms with Crippen molar-refractivity contribution in [2.45, 2.75) is 60.0 Å². The van der Waals surface area contributed by atoms with Gasteiger partial charge in [-0.2, -0.15) is 0 Å². The largest absolute Gasteiger partial charge is 0.297 e. The monoisotopic (exact) mass is 159 g/mol. The van der Waals surface area contributed by atoms with Crippen LogP contribution in [0.2, 0.25) is 0 Å². The van der Waals surface area contributed by atoms with E-state index in [4.69, 9.17) is 0 Å². The van der Waals surface area contributed by atoms with Crippen LogP contribution in [0.5, 0.6) is 0 Å². The van der Waals surface area contributed by atoms with E-state index in [9.17, 15) is 0 Å². The molecule has 0 aliphatic heterocycles. The van der Waals surface area contributed by atoms with Crippen molar-refractivity contribution in [2.24, 2.45) is 0 Å². The number of rotatable bonds is 0. The predicted molar refractivity (Wildman–Crippen MR) is 54.0 cm³/mol. The molecule has 0 saturated heterocycles. The van der Waals surface area contributed by atoms with Crippen molar-refractivity contribution in [3.63, 3.8) is 0 Å². The fourth-order valence-corrected chi connectivity index (χ4v) is 1.01. The van der Waals surface area contributed by atoms with Crippen molar-refractivity contribution in [1.29, 1.82) is 0 Å². The maximum absolute atomic E-state index is 2.38. The molecule has 0 rings (SSSR count). The molecular formula is C10H25N. The van der Waals surface area contributed by atoms with Gasteiger partial charge in [0.2, 0.25) is 0 Å². The summed E-state index contributed by atoms with van der Waals surface area (Å²) in [4.78, 5) is 2.38. The second-order valence-corrected chi connectivity index (χ2v) is 4.90. The smallest absolute Gasteiger partial charge is 0.0127 e. The molecule has 0 amide bonds. The number of nitrogens with zero attached hydrogens (tertiary/aromatic N) is 1. The van der Waals surface area contributed by atoms with Gasteiger partial charge in [-0.3, -0.25) is 4.90 Å². The molecule has 0 aromatic heterocycles. The van der Waals surface area contributed by atoms with Gasteiger partial charge in [-0.15, -0.1) is 0 Å². The van der Waals surface area contributed by atoms with Crippen molar-refractivity contribution in [2.75, 3.05) is 7.05 Å². The molecule has 0 aromatic rings. The van der Waals surface area contributed by atoms with Gasteiger partial charge < -0.3 is 0 Å². The third kappa shape index (κ3) is 4.41. The lowest BCUT2D eigenvalue weighted by Gasteiger charge is -2.42. The summed E-state index contributed by atoms with van der Waals surface area (Å²) < 4.78 is 0. The predicted octanol–water partition coefficient (Wildman–Crippen LogP) is 3.15. The number of hydrogen-bond donors (Lipinski definition) is 0. The molecule has 70 valence electrons. The minimum atomic E-state index is 0. The fraction of sp³-hybridized carbons (Fsp3) is 1.00. The summed E-state index contributed by atoms with van der Waals surface area (Å²) in [6, 6.07) is 0. The summed E-state index contributed by atoms with van der Waals surface area (Å²) in [6.07, 6.45) is 0. The lowest BCUT2D eigenvalue weighted by Crippen LogP contribution is -2.49.